The van der Waals surface area contributed by atoms with Crippen molar-refractivity contribution < 1.29 is 13.9 Å². The Bertz CT molecular complexity index is 771. The molecule has 5 heteroatoms. The number of benzene rings is 1. The van der Waals surface area contributed by atoms with Gasteiger partial charge in [0, 0.05) is 15.3 Å². The van der Waals surface area contributed by atoms with Gasteiger partial charge in [-0.1, -0.05) is 30.9 Å². The highest BCUT2D eigenvalue weighted by atomic mass is 32.1. The molecule has 0 aliphatic rings. The van der Waals surface area contributed by atoms with Crippen LogP contribution in [0.3, 0.4) is 0 Å². The number of hydrogen-bond acceptors (Lipinski definition) is 4. The number of esters is 1. The van der Waals surface area contributed by atoms with Gasteiger partial charge in [0.05, 0.1) is 0 Å². The molecule has 2 rings (SSSR count). The second kappa shape index (κ2) is 7.34. The van der Waals surface area contributed by atoms with Crippen LogP contribution in [0.5, 0.6) is 0 Å². The summed E-state index contributed by atoms with van der Waals surface area (Å²) in [6.45, 7) is 3.48. The highest BCUT2D eigenvalue weighted by molar-refractivity contribution is 7.16. The van der Waals surface area contributed by atoms with Gasteiger partial charge in [-0.05, 0) is 24.3 Å². The van der Waals surface area contributed by atoms with Crippen LogP contribution in [-0.4, -0.2) is 12.6 Å². The van der Waals surface area contributed by atoms with E-state index in [-0.39, 0.29) is 18.0 Å². The average Bonchev–Trinajstić information content (AvgIpc) is 2.99. The number of halogens is 1. The summed E-state index contributed by atoms with van der Waals surface area (Å²) >= 11 is 1.29. The fourth-order valence-corrected chi connectivity index (χ4v) is 2.71. The maximum atomic E-state index is 13.7. The van der Waals surface area contributed by atoms with Crippen LogP contribution in [-0.2, 0) is 9.53 Å². The molecule has 1 aromatic carbocycles. The summed E-state index contributed by atoms with van der Waals surface area (Å²) in [7, 11) is 0. The zero-order chi connectivity index (χ0) is 15.9. The van der Waals surface area contributed by atoms with Crippen molar-refractivity contribution >= 4 is 23.4 Å². The van der Waals surface area contributed by atoms with Crippen molar-refractivity contribution in [3.05, 3.63) is 65.3 Å². The Balaban J connectivity index is 2.26. The third kappa shape index (κ3) is 3.68. The fourth-order valence-electron chi connectivity index (χ4n) is 1.73. The second-order valence-electron chi connectivity index (χ2n) is 4.24. The Hall–Kier alpha value is -2.71. The molecule has 0 saturated carbocycles. The van der Waals surface area contributed by atoms with Crippen molar-refractivity contribution in [3.63, 3.8) is 0 Å². The van der Waals surface area contributed by atoms with E-state index in [1.165, 1.54) is 29.6 Å². The van der Waals surface area contributed by atoms with Gasteiger partial charge in [-0.2, -0.15) is 5.26 Å². The largest absolute Gasteiger partial charge is 0.457 e. The van der Waals surface area contributed by atoms with E-state index in [0.717, 1.165) is 4.88 Å². The molecule has 0 aliphatic carbocycles. The number of nitriles is 1. The molecule has 110 valence electrons. The lowest BCUT2D eigenvalue weighted by Crippen LogP contribution is -2.06. The van der Waals surface area contributed by atoms with Gasteiger partial charge in [0.15, 0.2) is 0 Å². The van der Waals surface area contributed by atoms with Gasteiger partial charge in [-0.25, -0.2) is 9.18 Å². The highest BCUT2D eigenvalue weighted by Crippen LogP contribution is 2.31. The fraction of sp³-hybridized carbons (Fsp3) is 0.0588. The number of hydrogen-bond donors (Lipinski definition) is 0. The molecule has 0 saturated heterocycles. The zero-order valence-electron chi connectivity index (χ0n) is 11.6. The van der Waals surface area contributed by atoms with Crippen LogP contribution in [0.25, 0.3) is 16.5 Å². The van der Waals surface area contributed by atoms with Gasteiger partial charge < -0.3 is 4.74 Å². The van der Waals surface area contributed by atoms with E-state index in [1.54, 1.807) is 36.4 Å². The Morgan fingerprint density at radius 1 is 1.36 bits per heavy atom. The van der Waals surface area contributed by atoms with Crippen molar-refractivity contribution in [2.24, 2.45) is 0 Å². The number of ether oxygens (including phenoxy) is 1. The molecular weight excluding hydrogens is 301 g/mol. The molecule has 0 amide bonds. The van der Waals surface area contributed by atoms with Crippen molar-refractivity contribution in [3.8, 4) is 16.5 Å². The van der Waals surface area contributed by atoms with E-state index in [1.807, 2.05) is 0 Å². The summed E-state index contributed by atoms with van der Waals surface area (Å²) < 4.78 is 18.6. The average molecular weight is 313 g/mol. The van der Waals surface area contributed by atoms with Gasteiger partial charge >= 0.3 is 5.97 Å². The first kappa shape index (κ1) is 15.7. The lowest BCUT2D eigenvalue weighted by Gasteiger charge is -1.99. The normalized spacial score (nSPS) is 10.8. The first-order valence-corrected chi connectivity index (χ1v) is 7.22. The lowest BCUT2D eigenvalue weighted by atomic mass is 10.2. The van der Waals surface area contributed by atoms with E-state index >= 15 is 0 Å². The maximum absolute atomic E-state index is 13.7. The van der Waals surface area contributed by atoms with E-state index in [4.69, 9.17) is 10.00 Å². The number of rotatable bonds is 5. The number of carbonyl (C=O) groups is 1. The van der Waals surface area contributed by atoms with Gasteiger partial charge in [0.25, 0.3) is 0 Å². The third-order valence-corrected chi connectivity index (χ3v) is 3.79. The maximum Gasteiger partial charge on any atom is 0.349 e. The van der Waals surface area contributed by atoms with Crippen LogP contribution in [0.15, 0.2) is 54.6 Å². The van der Waals surface area contributed by atoms with E-state index in [9.17, 15) is 9.18 Å². The van der Waals surface area contributed by atoms with E-state index < -0.39 is 5.97 Å². The van der Waals surface area contributed by atoms with Crippen LogP contribution in [0.2, 0.25) is 0 Å². The van der Waals surface area contributed by atoms with Gasteiger partial charge in [-0.3, -0.25) is 0 Å². The molecule has 0 fully saturated rings. The molecule has 0 unspecified atom stereocenters. The topological polar surface area (TPSA) is 50.1 Å². The minimum atomic E-state index is -0.705. The monoisotopic (exact) mass is 313 g/mol. The predicted molar refractivity (Wildman–Crippen MR) is 84.5 cm³/mol. The molecule has 0 aliphatic heterocycles. The summed E-state index contributed by atoms with van der Waals surface area (Å²) in [5.41, 5.74) is 0.378. The Labute approximate surface area is 131 Å². The first-order valence-electron chi connectivity index (χ1n) is 6.40. The van der Waals surface area contributed by atoms with Crippen LogP contribution in [0.1, 0.15) is 4.88 Å². The quantitative estimate of drug-likeness (QED) is 0.360. The molecule has 0 radical (unpaired) electrons. The minimum Gasteiger partial charge on any atom is -0.457 e. The van der Waals surface area contributed by atoms with Crippen molar-refractivity contribution in [2.75, 3.05) is 6.61 Å². The van der Waals surface area contributed by atoms with E-state index in [2.05, 4.69) is 6.58 Å². The standard InChI is InChI=1S/C17H12FNO2S/c1-2-9-21-17(20)12(11-19)10-13-7-8-16(22-13)14-5-3-4-6-15(14)18/h2-8,10H,1,9H2/b12-10-. The molecule has 1 heterocycles. The summed E-state index contributed by atoms with van der Waals surface area (Å²) in [5.74, 6) is -1.02. The molecule has 3 nitrogen and oxygen atoms in total. The molecule has 22 heavy (non-hydrogen) atoms. The molecule has 2 aromatic rings. The summed E-state index contributed by atoms with van der Waals surface area (Å²) in [5, 5.41) is 9.02. The Kier molecular flexibility index (Phi) is 5.23. The summed E-state index contributed by atoms with van der Waals surface area (Å²) in [6.07, 6.45) is 2.86. The minimum absolute atomic E-state index is 0.0444. The SMILES string of the molecule is C=CCOC(=O)/C(C#N)=C\c1ccc(-c2ccccc2F)s1. The van der Waals surface area contributed by atoms with Crippen molar-refractivity contribution in [1.82, 2.24) is 0 Å². The first-order chi connectivity index (χ1) is 10.7. The second-order valence-corrected chi connectivity index (χ2v) is 5.35. The highest BCUT2D eigenvalue weighted by Gasteiger charge is 2.12. The van der Waals surface area contributed by atoms with E-state index in [0.29, 0.717) is 10.4 Å². The third-order valence-electron chi connectivity index (χ3n) is 2.73. The number of thiophene rings is 1. The van der Waals surface area contributed by atoms with Gasteiger partial charge in [-0.15, -0.1) is 11.3 Å². The molecule has 0 atom stereocenters. The predicted octanol–water partition coefficient (Wildman–Crippen LogP) is 4.19. The number of nitrogens with zero attached hydrogens (tertiary/aromatic N) is 1. The Morgan fingerprint density at radius 3 is 2.82 bits per heavy atom. The van der Waals surface area contributed by atoms with Crippen molar-refractivity contribution in [2.45, 2.75) is 0 Å². The van der Waals surface area contributed by atoms with Crippen LogP contribution >= 0.6 is 11.3 Å². The molecule has 1 aromatic heterocycles. The molecule has 0 spiro atoms. The molecular formula is C17H12FNO2S. The smallest absolute Gasteiger partial charge is 0.349 e. The summed E-state index contributed by atoms with van der Waals surface area (Å²) in [6, 6.07) is 11.7. The van der Waals surface area contributed by atoms with Gasteiger partial charge in [0.1, 0.15) is 24.1 Å². The van der Waals surface area contributed by atoms with Gasteiger partial charge in [0.2, 0.25) is 0 Å². The van der Waals surface area contributed by atoms with Crippen LogP contribution in [0, 0.1) is 17.1 Å². The number of carbonyl (C=O) groups excluding carboxylic acids is 1. The van der Waals surface area contributed by atoms with Crippen molar-refractivity contribution in [1.29, 1.82) is 5.26 Å². The lowest BCUT2D eigenvalue weighted by molar-refractivity contribution is -0.137. The van der Waals surface area contributed by atoms with Crippen LogP contribution in [0.4, 0.5) is 4.39 Å². The molecule has 0 bridgehead atoms. The Morgan fingerprint density at radius 2 is 2.14 bits per heavy atom. The van der Waals surface area contributed by atoms with Crippen LogP contribution < -0.4 is 0 Å². The zero-order valence-corrected chi connectivity index (χ0v) is 12.4. The molecule has 0 N–H and O–H groups in total. The summed E-state index contributed by atoms with van der Waals surface area (Å²) in [4.78, 5) is 13.0.